The van der Waals surface area contributed by atoms with E-state index in [4.69, 9.17) is 4.98 Å². The normalized spacial score (nSPS) is 13.9. The van der Waals surface area contributed by atoms with Crippen LogP contribution in [-0.4, -0.2) is 29.0 Å². The van der Waals surface area contributed by atoms with Gasteiger partial charge in [-0.25, -0.2) is 9.78 Å². The van der Waals surface area contributed by atoms with Crippen LogP contribution >= 0.6 is 11.3 Å². The first-order chi connectivity index (χ1) is 10.3. The van der Waals surface area contributed by atoms with Gasteiger partial charge in [0.2, 0.25) is 0 Å². The average Bonchev–Trinajstić information content (AvgIpc) is 2.96. The molecule has 1 aromatic carbocycles. The average molecular weight is 301 g/mol. The van der Waals surface area contributed by atoms with E-state index in [1.807, 2.05) is 23.1 Å². The molecule has 0 saturated carbocycles. The smallest absolute Gasteiger partial charge is 0.317 e. The van der Waals surface area contributed by atoms with Crippen molar-refractivity contribution in [1.82, 2.24) is 15.2 Å². The maximum absolute atomic E-state index is 12.0. The fourth-order valence-corrected chi connectivity index (χ4v) is 3.55. The van der Waals surface area contributed by atoms with E-state index in [-0.39, 0.29) is 6.03 Å². The van der Waals surface area contributed by atoms with Crippen molar-refractivity contribution >= 4 is 17.4 Å². The fraction of sp³-hybridized carbons (Fsp3) is 0.375. The van der Waals surface area contributed by atoms with Gasteiger partial charge in [-0.3, -0.25) is 0 Å². The Bertz CT molecular complexity index is 624. The quantitative estimate of drug-likeness (QED) is 0.945. The molecule has 2 heterocycles. The molecule has 0 fully saturated rings. The second-order valence-corrected chi connectivity index (χ2v) is 6.24. The van der Waals surface area contributed by atoms with E-state index in [1.165, 1.54) is 4.88 Å². The molecule has 1 N–H and O–H groups in total. The molecular formula is C16H19N3OS. The molecule has 0 radical (unpaired) electrons. The molecule has 0 bridgehead atoms. The van der Waals surface area contributed by atoms with E-state index in [0.29, 0.717) is 6.54 Å². The number of aromatic nitrogens is 1. The number of nitrogens with one attached hydrogen (secondary N) is 1. The van der Waals surface area contributed by atoms with Crippen LogP contribution in [0, 0.1) is 0 Å². The molecule has 0 saturated heterocycles. The lowest BCUT2D eigenvalue weighted by Crippen LogP contribution is -2.42. The van der Waals surface area contributed by atoms with Crippen molar-refractivity contribution in [3.8, 4) is 10.6 Å². The monoisotopic (exact) mass is 301 g/mol. The molecule has 0 unspecified atom stereocenters. The number of fused-ring (bicyclic) bond motifs is 1. The molecule has 1 aromatic heterocycles. The predicted octanol–water partition coefficient (Wildman–Crippen LogP) is 3.29. The van der Waals surface area contributed by atoms with Crippen LogP contribution in [0.2, 0.25) is 0 Å². The summed E-state index contributed by atoms with van der Waals surface area (Å²) in [6, 6.07) is 10.3. The van der Waals surface area contributed by atoms with Crippen molar-refractivity contribution in [2.45, 2.75) is 26.3 Å². The zero-order valence-corrected chi connectivity index (χ0v) is 12.9. The first kappa shape index (κ1) is 14.1. The second-order valence-electron chi connectivity index (χ2n) is 5.16. The molecule has 2 amide bonds. The zero-order chi connectivity index (χ0) is 14.7. The number of thiazole rings is 1. The van der Waals surface area contributed by atoms with Crippen molar-refractivity contribution in [3.63, 3.8) is 0 Å². The van der Waals surface area contributed by atoms with Gasteiger partial charge in [0.05, 0.1) is 12.2 Å². The Morgan fingerprint density at radius 1 is 1.38 bits per heavy atom. The number of carbonyl (C=O) groups is 1. The molecule has 1 aliphatic rings. The van der Waals surface area contributed by atoms with E-state index >= 15 is 0 Å². The van der Waals surface area contributed by atoms with Gasteiger partial charge in [0, 0.05) is 30.0 Å². The molecule has 4 nitrogen and oxygen atoms in total. The summed E-state index contributed by atoms with van der Waals surface area (Å²) in [5, 5.41) is 3.99. The zero-order valence-electron chi connectivity index (χ0n) is 12.1. The minimum atomic E-state index is 0.0390. The standard InChI is InChI=1S/C16H19N3OS/c1-2-9-17-16(20)19-10-8-13-14(11-19)21-15(18-13)12-6-4-3-5-7-12/h3-7H,2,8-11H2,1H3,(H,17,20). The van der Waals surface area contributed by atoms with Crippen LogP contribution in [-0.2, 0) is 13.0 Å². The third-order valence-electron chi connectivity index (χ3n) is 3.57. The number of hydrogen-bond acceptors (Lipinski definition) is 3. The summed E-state index contributed by atoms with van der Waals surface area (Å²) in [5.74, 6) is 0. The van der Waals surface area contributed by atoms with Gasteiger partial charge in [0.1, 0.15) is 5.01 Å². The van der Waals surface area contributed by atoms with Crippen LogP contribution < -0.4 is 5.32 Å². The minimum Gasteiger partial charge on any atom is -0.338 e. The molecule has 0 atom stereocenters. The Balaban J connectivity index is 1.75. The number of urea groups is 1. The number of carbonyl (C=O) groups excluding carboxylic acids is 1. The van der Waals surface area contributed by atoms with Crippen molar-refractivity contribution < 1.29 is 4.79 Å². The van der Waals surface area contributed by atoms with Gasteiger partial charge in [-0.05, 0) is 6.42 Å². The molecule has 21 heavy (non-hydrogen) atoms. The third kappa shape index (κ3) is 3.08. The molecule has 3 rings (SSSR count). The van der Waals surface area contributed by atoms with Gasteiger partial charge in [-0.1, -0.05) is 37.3 Å². The highest BCUT2D eigenvalue weighted by Crippen LogP contribution is 2.31. The second kappa shape index (κ2) is 6.26. The number of benzene rings is 1. The Hall–Kier alpha value is -1.88. The summed E-state index contributed by atoms with van der Waals surface area (Å²) in [7, 11) is 0. The summed E-state index contributed by atoms with van der Waals surface area (Å²) >= 11 is 1.70. The van der Waals surface area contributed by atoms with E-state index in [0.717, 1.165) is 42.2 Å². The third-order valence-corrected chi connectivity index (χ3v) is 4.70. The molecule has 1 aliphatic heterocycles. The molecular weight excluding hydrogens is 282 g/mol. The molecule has 110 valence electrons. The summed E-state index contributed by atoms with van der Waals surface area (Å²) in [6.45, 7) is 4.22. The molecule has 5 heteroatoms. The van der Waals surface area contributed by atoms with Gasteiger partial charge in [-0.2, -0.15) is 0 Å². The van der Waals surface area contributed by atoms with Crippen LogP contribution in [0.1, 0.15) is 23.9 Å². The van der Waals surface area contributed by atoms with Gasteiger partial charge in [0.15, 0.2) is 0 Å². The highest BCUT2D eigenvalue weighted by Gasteiger charge is 2.24. The van der Waals surface area contributed by atoms with Gasteiger partial charge < -0.3 is 10.2 Å². The number of hydrogen-bond donors (Lipinski definition) is 1. The van der Waals surface area contributed by atoms with Crippen LogP contribution in [0.15, 0.2) is 30.3 Å². The van der Waals surface area contributed by atoms with Gasteiger partial charge in [0.25, 0.3) is 0 Å². The van der Waals surface area contributed by atoms with Gasteiger partial charge in [-0.15, -0.1) is 11.3 Å². The Kier molecular flexibility index (Phi) is 4.20. The Morgan fingerprint density at radius 3 is 2.95 bits per heavy atom. The minimum absolute atomic E-state index is 0.0390. The van der Waals surface area contributed by atoms with Crippen LogP contribution in [0.4, 0.5) is 4.79 Å². The maximum atomic E-state index is 12.0. The molecule has 0 spiro atoms. The Labute approximate surface area is 128 Å². The first-order valence-corrected chi connectivity index (χ1v) is 8.16. The number of amides is 2. The highest BCUT2D eigenvalue weighted by molar-refractivity contribution is 7.15. The summed E-state index contributed by atoms with van der Waals surface area (Å²) < 4.78 is 0. The lowest BCUT2D eigenvalue weighted by atomic mass is 10.2. The number of nitrogens with zero attached hydrogens (tertiary/aromatic N) is 2. The highest BCUT2D eigenvalue weighted by atomic mass is 32.1. The Morgan fingerprint density at radius 2 is 2.19 bits per heavy atom. The summed E-state index contributed by atoms with van der Waals surface area (Å²) in [5.41, 5.74) is 2.30. The maximum Gasteiger partial charge on any atom is 0.317 e. The predicted molar refractivity (Wildman–Crippen MR) is 85.4 cm³/mol. The van der Waals surface area contributed by atoms with E-state index in [2.05, 4.69) is 24.4 Å². The van der Waals surface area contributed by atoms with Crippen LogP contribution in [0.3, 0.4) is 0 Å². The summed E-state index contributed by atoms with van der Waals surface area (Å²) in [6.07, 6.45) is 1.81. The summed E-state index contributed by atoms with van der Waals surface area (Å²) in [4.78, 5) is 19.9. The largest absolute Gasteiger partial charge is 0.338 e. The van der Waals surface area contributed by atoms with E-state index in [1.54, 1.807) is 11.3 Å². The lowest BCUT2D eigenvalue weighted by Gasteiger charge is -2.26. The lowest BCUT2D eigenvalue weighted by molar-refractivity contribution is 0.193. The molecule has 2 aromatic rings. The van der Waals surface area contributed by atoms with Crippen molar-refractivity contribution in [1.29, 1.82) is 0 Å². The number of rotatable bonds is 3. The van der Waals surface area contributed by atoms with Crippen molar-refractivity contribution in [3.05, 3.63) is 40.9 Å². The fourth-order valence-electron chi connectivity index (χ4n) is 2.42. The van der Waals surface area contributed by atoms with Crippen LogP contribution in [0.25, 0.3) is 10.6 Å². The molecule has 0 aliphatic carbocycles. The first-order valence-electron chi connectivity index (χ1n) is 7.34. The van der Waals surface area contributed by atoms with Gasteiger partial charge >= 0.3 is 6.03 Å². The topological polar surface area (TPSA) is 45.2 Å². The van der Waals surface area contributed by atoms with E-state index < -0.39 is 0 Å². The van der Waals surface area contributed by atoms with E-state index in [9.17, 15) is 4.79 Å². The van der Waals surface area contributed by atoms with Crippen LogP contribution in [0.5, 0.6) is 0 Å². The van der Waals surface area contributed by atoms with Crippen molar-refractivity contribution in [2.75, 3.05) is 13.1 Å². The van der Waals surface area contributed by atoms with Crippen molar-refractivity contribution in [2.24, 2.45) is 0 Å². The SMILES string of the molecule is CCCNC(=O)N1CCc2nc(-c3ccccc3)sc2C1.